The van der Waals surface area contributed by atoms with Crippen molar-refractivity contribution in [1.82, 2.24) is 24.5 Å². The Bertz CT molecular complexity index is 1550. The van der Waals surface area contributed by atoms with E-state index in [0.29, 0.717) is 17.6 Å². The van der Waals surface area contributed by atoms with Gasteiger partial charge in [-0.05, 0) is 79.1 Å². The number of fused-ring (bicyclic) bond motifs is 2. The zero-order chi connectivity index (χ0) is 23.9. The van der Waals surface area contributed by atoms with Crippen LogP contribution in [-0.2, 0) is 19.9 Å². The van der Waals surface area contributed by atoms with E-state index in [-0.39, 0.29) is 0 Å². The van der Waals surface area contributed by atoms with Gasteiger partial charge in [0.25, 0.3) is 0 Å². The van der Waals surface area contributed by atoms with Crippen LogP contribution in [0, 0.1) is 6.92 Å². The van der Waals surface area contributed by atoms with Crippen LogP contribution in [-0.4, -0.2) is 24.5 Å². The van der Waals surface area contributed by atoms with E-state index < -0.39 is 0 Å². The van der Waals surface area contributed by atoms with Crippen LogP contribution in [0.1, 0.15) is 29.7 Å². The Hall–Kier alpha value is -4.26. The molecule has 1 aliphatic carbocycles. The molecule has 0 bridgehead atoms. The van der Waals surface area contributed by atoms with Gasteiger partial charge in [0.1, 0.15) is 23.5 Å². The van der Waals surface area contributed by atoms with E-state index in [9.17, 15) is 0 Å². The smallest absolute Gasteiger partial charge is 0.322 e. The molecule has 7 heteroatoms. The molecule has 0 atom stereocenters. The van der Waals surface area contributed by atoms with Gasteiger partial charge in [0.15, 0.2) is 0 Å². The van der Waals surface area contributed by atoms with Gasteiger partial charge in [-0.2, -0.15) is 0 Å². The van der Waals surface area contributed by atoms with Crippen LogP contribution in [0.4, 0.5) is 5.82 Å². The van der Waals surface area contributed by atoms with Crippen molar-refractivity contribution in [2.75, 3.05) is 5.73 Å². The maximum absolute atomic E-state index is 6.41. The molecule has 6 rings (SSSR count). The summed E-state index contributed by atoms with van der Waals surface area (Å²) in [6.07, 6.45) is 8.00. The van der Waals surface area contributed by atoms with Crippen molar-refractivity contribution in [2.24, 2.45) is 7.05 Å². The minimum atomic E-state index is 0.329. The predicted octanol–water partition coefficient (Wildman–Crippen LogP) is 5.65. The van der Waals surface area contributed by atoms with Crippen molar-refractivity contribution < 1.29 is 4.74 Å². The van der Waals surface area contributed by atoms with Crippen LogP contribution < -0.4 is 10.5 Å². The lowest BCUT2D eigenvalue weighted by Gasteiger charge is -2.17. The minimum absolute atomic E-state index is 0.329. The highest BCUT2D eigenvalue weighted by atomic mass is 16.5. The average molecular weight is 463 g/mol. The van der Waals surface area contributed by atoms with Crippen molar-refractivity contribution in [2.45, 2.75) is 32.6 Å². The lowest BCUT2D eigenvalue weighted by atomic mass is 9.89. The maximum atomic E-state index is 6.41. The number of anilines is 1. The molecule has 0 aliphatic heterocycles. The molecular weight excluding hydrogens is 436 g/mol. The number of nitrogens with zero attached hydrogens (tertiary/aromatic N) is 5. The normalized spacial score (nSPS) is 13.1. The summed E-state index contributed by atoms with van der Waals surface area (Å²) in [5.74, 6) is 1.14. The van der Waals surface area contributed by atoms with Crippen molar-refractivity contribution in [3.05, 3.63) is 77.9 Å². The first-order valence-electron chi connectivity index (χ1n) is 11.9. The topological polar surface area (TPSA) is 91.7 Å². The molecule has 3 heterocycles. The number of aromatic nitrogens is 5. The third-order valence-corrected chi connectivity index (χ3v) is 6.74. The molecular formula is C28H26N6O. The first-order chi connectivity index (χ1) is 17.1. The molecule has 0 saturated heterocycles. The molecule has 0 unspecified atom stereocenters. The molecule has 3 aromatic heterocycles. The van der Waals surface area contributed by atoms with Crippen LogP contribution in [0.15, 0.2) is 61.1 Å². The van der Waals surface area contributed by atoms with E-state index in [4.69, 9.17) is 10.5 Å². The van der Waals surface area contributed by atoms with E-state index in [1.165, 1.54) is 30.3 Å². The molecule has 0 fully saturated rings. The van der Waals surface area contributed by atoms with E-state index in [2.05, 4.69) is 42.7 Å². The zero-order valence-corrected chi connectivity index (χ0v) is 19.8. The molecule has 35 heavy (non-hydrogen) atoms. The summed E-state index contributed by atoms with van der Waals surface area (Å²) in [6, 6.07) is 16.9. The summed E-state index contributed by atoms with van der Waals surface area (Å²) in [7, 11) is 2.04. The molecule has 1 aliphatic rings. The van der Waals surface area contributed by atoms with Crippen LogP contribution >= 0.6 is 0 Å². The van der Waals surface area contributed by atoms with Gasteiger partial charge in [-0.1, -0.05) is 24.3 Å². The van der Waals surface area contributed by atoms with E-state index in [0.717, 1.165) is 52.0 Å². The van der Waals surface area contributed by atoms with Crippen LogP contribution in [0.3, 0.4) is 0 Å². The van der Waals surface area contributed by atoms with Crippen LogP contribution in [0.2, 0.25) is 0 Å². The Balaban J connectivity index is 1.49. The molecule has 0 amide bonds. The fourth-order valence-electron chi connectivity index (χ4n) is 5.05. The molecule has 0 spiro atoms. The van der Waals surface area contributed by atoms with E-state index in [1.54, 1.807) is 6.20 Å². The molecule has 174 valence electrons. The minimum Gasteiger partial charge on any atom is -0.424 e. The second-order valence-electron chi connectivity index (χ2n) is 9.04. The van der Waals surface area contributed by atoms with Gasteiger partial charge in [-0.15, -0.1) is 0 Å². The van der Waals surface area contributed by atoms with Crippen molar-refractivity contribution in [3.8, 4) is 34.1 Å². The van der Waals surface area contributed by atoms with E-state index in [1.807, 2.05) is 44.3 Å². The fraction of sp³-hybridized carbons (Fsp3) is 0.214. The van der Waals surface area contributed by atoms with Gasteiger partial charge in [0, 0.05) is 24.5 Å². The summed E-state index contributed by atoms with van der Waals surface area (Å²) in [5.41, 5.74) is 15.2. The molecule has 5 aromatic rings. The largest absolute Gasteiger partial charge is 0.424 e. The monoisotopic (exact) mass is 462 g/mol. The van der Waals surface area contributed by atoms with E-state index >= 15 is 0 Å². The number of nitrogen functional groups attached to an aromatic ring is 1. The van der Waals surface area contributed by atoms with Gasteiger partial charge in [0.2, 0.25) is 0 Å². The Morgan fingerprint density at radius 3 is 2.46 bits per heavy atom. The maximum Gasteiger partial charge on any atom is 0.322 e. The number of hydrogen-bond donors (Lipinski definition) is 1. The zero-order valence-electron chi connectivity index (χ0n) is 19.8. The molecule has 2 aromatic carbocycles. The predicted molar refractivity (Wildman–Crippen MR) is 137 cm³/mol. The number of rotatable bonds is 4. The number of aryl methyl sites for hydroxylation is 4. The molecule has 7 nitrogen and oxygen atoms in total. The molecule has 0 radical (unpaired) electrons. The van der Waals surface area contributed by atoms with Gasteiger partial charge < -0.3 is 15.0 Å². The average Bonchev–Trinajstić information content (AvgIpc) is 3.18. The summed E-state index contributed by atoms with van der Waals surface area (Å²) < 4.78 is 7.99. The summed E-state index contributed by atoms with van der Waals surface area (Å²) in [5, 5.41) is 0.860. The number of benzene rings is 2. The first kappa shape index (κ1) is 21.3. The number of ether oxygens (including phenoxy) is 1. The van der Waals surface area contributed by atoms with Crippen LogP contribution in [0.5, 0.6) is 11.8 Å². The highest BCUT2D eigenvalue weighted by Crippen LogP contribution is 2.42. The summed E-state index contributed by atoms with van der Waals surface area (Å²) in [4.78, 5) is 17.4. The summed E-state index contributed by atoms with van der Waals surface area (Å²) in [6.45, 7) is 1.91. The van der Waals surface area contributed by atoms with Gasteiger partial charge >= 0.3 is 6.01 Å². The second-order valence-corrected chi connectivity index (χ2v) is 9.04. The third kappa shape index (κ3) is 3.79. The standard InChI is InChI=1S/C28H26N6O/c1-17-13-14-30-28(33-17)35-22-11-9-19(10-12-22)23-24-26(29)31-16-32-27(24)34(2)25(23)21-8-7-18-5-3-4-6-20(18)15-21/h7-16H,3-6H2,1-2H3,(H2,29,31,32). The second kappa shape index (κ2) is 8.51. The van der Waals surface area contributed by atoms with Crippen LogP contribution in [0.25, 0.3) is 33.4 Å². The van der Waals surface area contributed by atoms with Gasteiger partial charge in [0.05, 0.1) is 11.1 Å². The third-order valence-electron chi connectivity index (χ3n) is 6.74. The SMILES string of the molecule is Cc1ccnc(Oc2ccc(-c3c(-c4ccc5c(c4)CCCC5)n(C)c4ncnc(N)c34)cc2)n1. The van der Waals surface area contributed by atoms with Crippen molar-refractivity contribution >= 4 is 16.9 Å². The molecule has 0 saturated carbocycles. The Labute approximate surface area is 203 Å². The first-order valence-corrected chi connectivity index (χ1v) is 11.9. The highest BCUT2D eigenvalue weighted by Gasteiger charge is 2.23. The number of hydrogen-bond acceptors (Lipinski definition) is 6. The van der Waals surface area contributed by atoms with Gasteiger partial charge in [-0.25, -0.2) is 19.9 Å². The summed E-state index contributed by atoms with van der Waals surface area (Å²) >= 11 is 0. The Kier molecular flexibility index (Phi) is 5.17. The molecule has 2 N–H and O–H groups in total. The number of nitrogens with two attached hydrogens (primary N) is 1. The quantitative estimate of drug-likeness (QED) is 0.371. The van der Waals surface area contributed by atoms with Crippen molar-refractivity contribution in [3.63, 3.8) is 0 Å². The fourth-order valence-corrected chi connectivity index (χ4v) is 5.05. The van der Waals surface area contributed by atoms with Crippen molar-refractivity contribution in [1.29, 1.82) is 0 Å². The lowest BCUT2D eigenvalue weighted by Crippen LogP contribution is -2.03. The highest BCUT2D eigenvalue weighted by molar-refractivity contribution is 6.07. The lowest BCUT2D eigenvalue weighted by molar-refractivity contribution is 0.440. The Morgan fingerprint density at radius 2 is 1.66 bits per heavy atom. The van der Waals surface area contributed by atoms with Gasteiger partial charge in [-0.3, -0.25) is 0 Å². The Morgan fingerprint density at radius 1 is 0.886 bits per heavy atom.